The molecule has 0 saturated carbocycles. The maximum atomic E-state index is 11.2. The van der Waals surface area contributed by atoms with E-state index in [0.29, 0.717) is 39.3 Å². The molecule has 2 aromatic heterocycles. The first kappa shape index (κ1) is 22.7. The van der Waals surface area contributed by atoms with E-state index in [4.69, 9.17) is 0 Å². The minimum absolute atomic E-state index is 0.0265. The quantitative estimate of drug-likeness (QED) is 0.351. The smallest absolute Gasteiger partial charge is 0.0458 e. The van der Waals surface area contributed by atoms with Crippen molar-refractivity contribution in [3.8, 4) is 0 Å². The molecule has 0 spiro atoms. The van der Waals surface area contributed by atoms with Crippen LogP contribution in [0.4, 0.5) is 0 Å². The van der Waals surface area contributed by atoms with E-state index >= 15 is 0 Å². The van der Waals surface area contributed by atoms with Crippen molar-refractivity contribution >= 4 is 23.9 Å². The van der Waals surface area contributed by atoms with Crippen LogP contribution in [0.1, 0.15) is 52.2 Å². The molecule has 0 saturated heterocycles. The fraction of sp³-hybridized carbons (Fsp3) is 0.400. The van der Waals surface area contributed by atoms with Crippen molar-refractivity contribution in [2.24, 2.45) is 0 Å². The van der Waals surface area contributed by atoms with Gasteiger partial charge in [-0.15, -0.1) is 0 Å². The lowest BCUT2D eigenvalue weighted by Crippen LogP contribution is -2.26. The van der Waals surface area contributed by atoms with Crippen LogP contribution in [0, 0.1) is 6.92 Å². The number of carboxylic acid groups (broad SMARTS) is 4. The van der Waals surface area contributed by atoms with Crippen LogP contribution in [0.25, 0.3) is 0 Å². The van der Waals surface area contributed by atoms with Gasteiger partial charge in [-0.2, -0.15) is 0 Å². The lowest BCUT2D eigenvalue weighted by Gasteiger charge is -2.11. The van der Waals surface area contributed by atoms with Gasteiger partial charge in [0.1, 0.15) is 0 Å². The van der Waals surface area contributed by atoms with Crippen LogP contribution < -0.4 is 20.4 Å². The molecule has 0 aliphatic rings. The van der Waals surface area contributed by atoms with Crippen molar-refractivity contribution in [1.29, 1.82) is 0 Å². The molecule has 0 amide bonds. The Morgan fingerprint density at radius 3 is 1.90 bits per heavy atom. The van der Waals surface area contributed by atoms with Gasteiger partial charge in [0.2, 0.25) is 0 Å². The first-order chi connectivity index (χ1) is 14.1. The average Bonchev–Trinajstić information content (AvgIpc) is 3.12. The number of carboxylic acids is 4. The third kappa shape index (κ3) is 5.97. The Kier molecular flexibility index (Phi) is 7.40. The molecule has 0 aliphatic carbocycles. The molecule has 0 radical (unpaired) electrons. The highest BCUT2D eigenvalue weighted by Crippen LogP contribution is 2.26. The lowest BCUT2D eigenvalue weighted by atomic mass is 9.97. The molecule has 10 nitrogen and oxygen atoms in total. The summed E-state index contributed by atoms with van der Waals surface area (Å²) in [6.07, 6.45) is 0.277. The molecule has 2 heterocycles. The number of aromatic amines is 2. The minimum Gasteiger partial charge on any atom is -0.550 e. The lowest BCUT2D eigenvalue weighted by molar-refractivity contribution is -0.307. The van der Waals surface area contributed by atoms with Crippen LogP contribution in [0.15, 0.2) is 6.20 Å². The first-order valence-corrected chi connectivity index (χ1v) is 9.25. The van der Waals surface area contributed by atoms with Crippen molar-refractivity contribution in [2.75, 3.05) is 0 Å². The van der Waals surface area contributed by atoms with Gasteiger partial charge in [-0.05, 0) is 54.9 Å². The Morgan fingerprint density at radius 1 is 0.767 bits per heavy atom. The first-order valence-electron chi connectivity index (χ1n) is 9.25. The molecule has 0 unspecified atom stereocenters. The van der Waals surface area contributed by atoms with Crippen molar-refractivity contribution in [2.45, 2.75) is 51.9 Å². The highest BCUT2D eigenvalue weighted by atomic mass is 16.4. The Labute approximate surface area is 171 Å². The molecule has 162 valence electrons. The normalized spacial score (nSPS) is 10.8. The van der Waals surface area contributed by atoms with Crippen molar-refractivity contribution in [1.82, 2.24) is 9.97 Å². The second kappa shape index (κ2) is 9.77. The number of carbonyl (C=O) groups is 4. The van der Waals surface area contributed by atoms with E-state index in [-0.39, 0.29) is 32.1 Å². The Balaban J connectivity index is 2.42. The second-order valence-corrected chi connectivity index (χ2v) is 6.98. The Hall–Kier alpha value is -3.56. The van der Waals surface area contributed by atoms with E-state index in [1.54, 1.807) is 6.92 Å². The Morgan fingerprint density at radius 2 is 1.33 bits per heavy atom. The fourth-order valence-corrected chi connectivity index (χ4v) is 3.55. The molecule has 0 atom stereocenters. The van der Waals surface area contributed by atoms with E-state index in [0.717, 1.165) is 0 Å². The van der Waals surface area contributed by atoms with Crippen molar-refractivity contribution < 1.29 is 39.6 Å². The van der Waals surface area contributed by atoms with Crippen LogP contribution in [0.3, 0.4) is 0 Å². The van der Waals surface area contributed by atoms with Gasteiger partial charge >= 0.3 is 0 Å². The zero-order valence-electron chi connectivity index (χ0n) is 16.3. The number of H-pyrrole nitrogens is 2. The van der Waals surface area contributed by atoms with Gasteiger partial charge in [0, 0.05) is 66.4 Å². The molecule has 2 aromatic rings. The van der Waals surface area contributed by atoms with Crippen LogP contribution >= 0.6 is 0 Å². The fourth-order valence-electron chi connectivity index (χ4n) is 3.55. The van der Waals surface area contributed by atoms with Gasteiger partial charge in [-0.25, -0.2) is 0 Å². The number of rotatable bonds is 12. The van der Waals surface area contributed by atoms with Crippen LogP contribution in [0.5, 0.6) is 0 Å². The summed E-state index contributed by atoms with van der Waals surface area (Å²) in [6, 6.07) is 0. The van der Waals surface area contributed by atoms with Crippen LogP contribution in [-0.2, 0) is 51.3 Å². The number of carbonyl (C=O) groups excluding carboxylic acids is 4. The predicted octanol–water partition coefficient (Wildman–Crippen LogP) is -3.81. The molecule has 0 bridgehead atoms. The van der Waals surface area contributed by atoms with Crippen LogP contribution in [0.2, 0.25) is 0 Å². The van der Waals surface area contributed by atoms with Gasteiger partial charge in [-0.1, -0.05) is 0 Å². The highest BCUT2D eigenvalue weighted by molar-refractivity contribution is 5.71. The molecule has 0 fully saturated rings. The monoisotopic (exact) mass is 416 g/mol. The highest BCUT2D eigenvalue weighted by Gasteiger charge is 2.19. The molecule has 0 aliphatic heterocycles. The van der Waals surface area contributed by atoms with Gasteiger partial charge in [0.15, 0.2) is 0 Å². The van der Waals surface area contributed by atoms with Crippen LogP contribution in [-0.4, -0.2) is 33.8 Å². The van der Waals surface area contributed by atoms with E-state index < -0.39 is 36.7 Å². The summed E-state index contributed by atoms with van der Waals surface area (Å²) in [4.78, 5) is 49.9. The van der Waals surface area contributed by atoms with Gasteiger partial charge in [-0.3, -0.25) is 0 Å². The summed E-state index contributed by atoms with van der Waals surface area (Å²) >= 11 is 0. The van der Waals surface area contributed by atoms with Crippen molar-refractivity contribution in [3.63, 3.8) is 0 Å². The molecule has 0 aromatic carbocycles. The number of aryl methyl sites for hydroxylation is 2. The summed E-state index contributed by atoms with van der Waals surface area (Å²) in [5.74, 6) is -5.22. The summed E-state index contributed by atoms with van der Waals surface area (Å²) in [5, 5.41) is 43.9. The third-order valence-corrected chi connectivity index (χ3v) is 4.87. The molecular formula is C20H20N2O8-4. The van der Waals surface area contributed by atoms with Gasteiger partial charge < -0.3 is 49.6 Å². The van der Waals surface area contributed by atoms with Gasteiger partial charge in [0.25, 0.3) is 0 Å². The number of aromatic nitrogens is 2. The average molecular weight is 416 g/mol. The predicted molar refractivity (Wildman–Crippen MR) is 93.2 cm³/mol. The summed E-state index contributed by atoms with van der Waals surface area (Å²) < 4.78 is 0. The van der Waals surface area contributed by atoms with E-state index in [1.165, 1.54) is 6.20 Å². The number of hydrogen-bond donors (Lipinski definition) is 2. The number of nitrogens with one attached hydrogen (secondary N) is 2. The summed E-state index contributed by atoms with van der Waals surface area (Å²) in [6.45, 7) is 1.65. The van der Waals surface area contributed by atoms with E-state index in [2.05, 4.69) is 9.97 Å². The summed E-state index contributed by atoms with van der Waals surface area (Å²) in [7, 11) is 0. The van der Waals surface area contributed by atoms with E-state index in [1.807, 2.05) is 0 Å². The SMILES string of the molecule is Cc1[nH]c(Cc2[nH]cc(CCC(=O)[O-])c2CC(=O)[O-])c(CCC(=O)[O-])c1CC(=O)[O-]. The number of aliphatic carboxylic acids is 4. The standard InChI is InChI=1S/C20H24N2O8/c1-10-13(6-19(27)28)12(3-5-18(25)26)16(22-10)8-15-14(7-20(29)30)11(9-21-15)2-4-17(23)24/h9,21-22H,2-8H2,1H3,(H,23,24)(H,25,26)(H,27,28)(H,29,30)/p-4. The second-order valence-electron chi connectivity index (χ2n) is 6.98. The maximum Gasteiger partial charge on any atom is 0.0458 e. The zero-order chi connectivity index (χ0) is 22.4. The molecule has 30 heavy (non-hydrogen) atoms. The third-order valence-electron chi connectivity index (χ3n) is 4.87. The molecule has 10 heteroatoms. The summed E-state index contributed by atoms with van der Waals surface area (Å²) in [5.41, 5.74) is 3.31. The maximum absolute atomic E-state index is 11.2. The molecule has 2 N–H and O–H groups in total. The Bertz CT molecular complexity index is 970. The van der Waals surface area contributed by atoms with Crippen molar-refractivity contribution in [3.05, 3.63) is 45.5 Å². The minimum atomic E-state index is -1.34. The largest absolute Gasteiger partial charge is 0.550 e. The number of hydrogen-bond acceptors (Lipinski definition) is 8. The van der Waals surface area contributed by atoms with Gasteiger partial charge in [0.05, 0.1) is 0 Å². The molecular weight excluding hydrogens is 396 g/mol. The van der Waals surface area contributed by atoms with E-state index in [9.17, 15) is 39.6 Å². The molecule has 2 rings (SSSR count). The topological polar surface area (TPSA) is 192 Å². The zero-order valence-corrected chi connectivity index (χ0v) is 16.3.